The molecule has 212 valence electrons. The van der Waals surface area contributed by atoms with Gasteiger partial charge in [-0.2, -0.15) is 4.98 Å². The second-order valence-corrected chi connectivity index (χ2v) is 12.1. The number of phenolic OH excluding ortho intramolecular Hbond substituents is 1. The van der Waals surface area contributed by atoms with Gasteiger partial charge in [0, 0.05) is 61.4 Å². The lowest BCUT2D eigenvalue weighted by Crippen LogP contribution is -2.51. The number of nitrogens with zero attached hydrogens (tertiary/aromatic N) is 5. The van der Waals surface area contributed by atoms with Crippen LogP contribution in [0.3, 0.4) is 0 Å². The average molecular weight is 559 g/mol. The molecule has 10 heteroatoms. The van der Waals surface area contributed by atoms with E-state index in [9.17, 15) is 13.9 Å². The van der Waals surface area contributed by atoms with Crippen LogP contribution in [0.25, 0.3) is 33.2 Å². The number of alkyl halides is 1. The molecule has 0 radical (unpaired) electrons. The van der Waals surface area contributed by atoms with Crippen molar-refractivity contribution >= 4 is 27.5 Å². The summed E-state index contributed by atoms with van der Waals surface area (Å²) in [4.78, 5) is 18.8. The number of hydrogen-bond acceptors (Lipinski definition) is 8. The Hall–Kier alpha value is -3.63. The monoisotopic (exact) mass is 558 g/mol. The molecule has 2 N–H and O–H groups in total. The molecule has 0 aliphatic carbocycles. The molecule has 4 aromatic rings. The number of nitrogens with one attached hydrogen (secondary N) is 1. The van der Waals surface area contributed by atoms with Crippen molar-refractivity contribution in [3.05, 3.63) is 48.4 Å². The summed E-state index contributed by atoms with van der Waals surface area (Å²) in [6.07, 6.45) is 5.64. The number of fused-ring (bicyclic) bond motifs is 5. The lowest BCUT2D eigenvalue weighted by atomic mass is 9.95. The molecular weight excluding hydrogens is 526 g/mol. The van der Waals surface area contributed by atoms with E-state index in [1.165, 1.54) is 18.2 Å². The van der Waals surface area contributed by atoms with Gasteiger partial charge < -0.3 is 20.1 Å². The highest BCUT2D eigenvalue weighted by molar-refractivity contribution is 5.98. The van der Waals surface area contributed by atoms with E-state index < -0.39 is 12.0 Å². The second-order valence-electron chi connectivity index (χ2n) is 12.1. The number of ether oxygens (including phenoxy) is 1. The van der Waals surface area contributed by atoms with Gasteiger partial charge in [-0.15, -0.1) is 0 Å². The topological polar surface area (TPSA) is 86.6 Å². The minimum atomic E-state index is -0.830. The molecule has 4 aliphatic heterocycles. The number of anilines is 1. The highest BCUT2D eigenvalue weighted by atomic mass is 19.1. The van der Waals surface area contributed by atoms with Gasteiger partial charge in [-0.05, 0) is 55.8 Å². The summed E-state index contributed by atoms with van der Waals surface area (Å²) in [5.74, 6) is 0.313. The van der Waals surface area contributed by atoms with Crippen molar-refractivity contribution in [2.75, 3.05) is 37.7 Å². The van der Waals surface area contributed by atoms with Crippen molar-refractivity contribution in [1.82, 2.24) is 25.2 Å². The maximum absolute atomic E-state index is 15.0. The van der Waals surface area contributed by atoms with Crippen LogP contribution in [0.4, 0.5) is 14.5 Å². The number of aromatic nitrogens is 3. The van der Waals surface area contributed by atoms with Gasteiger partial charge >= 0.3 is 0 Å². The Bertz CT molecular complexity index is 1660. The van der Waals surface area contributed by atoms with Crippen LogP contribution in [0, 0.1) is 5.82 Å². The third-order valence-corrected chi connectivity index (χ3v) is 9.48. The molecule has 2 aromatic heterocycles. The highest BCUT2D eigenvalue weighted by Crippen LogP contribution is 2.41. The smallest absolute Gasteiger partial charge is 0.217 e. The minimum Gasteiger partial charge on any atom is -0.508 e. The summed E-state index contributed by atoms with van der Waals surface area (Å²) in [5.41, 5.74) is 1.50. The number of halogens is 2. The van der Waals surface area contributed by atoms with Crippen LogP contribution >= 0.6 is 0 Å². The zero-order chi connectivity index (χ0) is 27.7. The van der Waals surface area contributed by atoms with Gasteiger partial charge in [0.25, 0.3) is 0 Å². The fraction of sp³-hybridized carbons (Fsp3) is 0.452. The molecule has 8 rings (SSSR count). The van der Waals surface area contributed by atoms with Crippen molar-refractivity contribution in [1.29, 1.82) is 0 Å². The molecule has 4 atom stereocenters. The summed E-state index contributed by atoms with van der Waals surface area (Å²) in [6, 6.07) is 10.6. The van der Waals surface area contributed by atoms with Crippen LogP contribution in [-0.2, 0) is 0 Å². The van der Waals surface area contributed by atoms with Gasteiger partial charge in [-0.25, -0.2) is 18.7 Å². The molecule has 8 nitrogen and oxygen atoms in total. The molecule has 0 amide bonds. The summed E-state index contributed by atoms with van der Waals surface area (Å²) >= 11 is 0. The number of rotatable bonds is 5. The molecule has 2 unspecified atom stereocenters. The maximum Gasteiger partial charge on any atom is 0.217 e. The molecule has 4 aliphatic rings. The molecular formula is C31H32F2N6O2. The van der Waals surface area contributed by atoms with Gasteiger partial charge in [0.2, 0.25) is 5.88 Å². The van der Waals surface area contributed by atoms with Crippen molar-refractivity contribution in [3.63, 3.8) is 0 Å². The zero-order valence-electron chi connectivity index (χ0n) is 22.7. The van der Waals surface area contributed by atoms with Crippen LogP contribution < -0.4 is 15.0 Å². The fourth-order valence-electron chi connectivity index (χ4n) is 7.63. The predicted molar refractivity (Wildman–Crippen MR) is 153 cm³/mol. The van der Waals surface area contributed by atoms with E-state index in [-0.39, 0.29) is 17.1 Å². The van der Waals surface area contributed by atoms with Gasteiger partial charge in [-0.3, -0.25) is 4.90 Å². The van der Waals surface area contributed by atoms with Crippen molar-refractivity contribution in [3.8, 4) is 23.0 Å². The first kappa shape index (κ1) is 25.1. The molecule has 6 heterocycles. The third-order valence-electron chi connectivity index (χ3n) is 9.48. The Labute approximate surface area is 236 Å². The molecule has 4 fully saturated rings. The van der Waals surface area contributed by atoms with E-state index in [0.29, 0.717) is 59.5 Å². The Kier molecular flexibility index (Phi) is 5.79. The lowest BCUT2D eigenvalue weighted by Gasteiger charge is -2.35. The Morgan fingerprint density at radius 3 is 2.80 bits per heavy atom. The minimum absolute atomic E-state index is 0.00641. The number of aromatic hydroxyl groups is 1. The van der Waals surface area contributed by atoms with Crippen molar-refractivity contribution in [2.24, 2.45) is 0 Å². The number of phenols is 1. The molecule has 2 aromatic carbocycles. The molecule has 41 heavy (non-hydrogen) atoms. The first-order valence-corrected chi connectivity index (χ1v) is 14.6. The van der Waals surface area contributed by atoms with Gasteiger partial charge in [0.05, 0.1) is 16.6 Å². The van der Waals surface area contributed by atoms with Gasteiger partial charge in [-0.1, -0.05) is 12.1 Å². The first-order chi connectivity index (χ1) is 19.9. The maximum atomic E-state index is 15.0. The van der Waals surface area contributed by atoms with Crippen LogP contribution in [-0.4, -0.2) is 81.5 Å². The van der Waals surface area contributed by atoms with E-state index in [4.69, 9.17) is 14.7 Å². The summed E-state index contributed by atoms with van der Waals surface area (Å²) in [7, 11) is 0. The average Bonchev–Trinajstić information content (AvgIpc) is 3.61. The first-order valence-electron chi connectivity index (χ1n) is 14.6. The van der Waals surface area contributed by atoms with Crippen molar-refractivity contribution < 1.29 is 18.6 Å². The van der Waals surface area contributed by atoms with E-state index in [1.54, 1.807) is 18.3 Å². The quantitative estimate of drug-likeness (QED) is 0.368. The van der Waals surface area contributed by atoms with Crippen LogP contribution in [0.1, 0.15) is 32.1 Å². The highest BCUT2D eigenvalue weighted by Gasteiger charge is 2.49. The molecule has 0 saturated carbocycles. The lowest BCUT2D eigenvalue weighted by molar-refractivity contribution is 0.111. The van der Waals surface area contributed by atoms with Crippen LogP contribution in [0.2, 0.25) is 0 Å². The van der Waals surface area contributed by atoms with Crippen LogP contribution in [0.15, 0.2) is 42.6 Å². The van der Waals surface area contributed by atoms with Crippen LogP contribution in [0.5, 0.6) is 11.6 Å². The van der Waals surface area contributed by atoms with E-state index in [0.717, 1.165) is 56.4 Å². The number of piperazine rings is 1. The number of pyridine rings is 1. The predicted octanol–water partition coefficient (Wildman–Crippen LogP) is 4.59. The summed E-state index contributed by atoms with van der Waals surface area (Å²) in [6.45, 7) is 3.46. The number of benzene rings is 2. The van der Waals surface area contributed by atoms with Gasteiger partial charge in [0.15, 0.2) is 11.5 Å². The van der Waals surface area contributed by atoms with E-state index >= 15 is 0 Å². The van der Waals surface area contributed by atoms with E-state index in [1.807, 2.05) is 6.07 Å². The van der Waals surface area contributed by atoms with Crippen molar-refractivity contribution in [2.45, 2.75) is 55.9 Å². The fourth-order valence-corrected chi connectivity index (χ4v) is 7.63. The Morgan fingerprint density at radius 2 is 1.95 bits per heavy atom. The van der Waals surface area contributed by atoms with E-state index in [2.05, 4.69) is 20.1 Å². The summed E-state index contributed by atoms with van der Waals surface area (Å²) in [5, 5.41) is 15.8. The molecule has 2 bridgehead atoms. The zero-order valence-corrected chi connectivity index (χ0v) is 22.7. The second kappa shape index (κ2) is 9.46. The largest absolute Gasteiger partial charge is 0.508 e. The van der Waals surface area contributed by atoms with Gasteiger partial charge in [0.1, 0.15) is 24.3 Å². The SMILES string of the molecule is Oc1cc(-c2ncc3c(N4CC5CCC(C4)N5)cc(OC[C@@]45CCCN4C[C@H](F)C5)nc3n2)c2c(F)cccc2c1. The summed E-state index contributed by atoms with van der Waals surface area (Å²) < 4.78 is 35.8. The Morgan fingerprint density at radius 1 is 1.10 bits per heavy atom. The Balaban J connectivity index is 1.23. The molecule has 4 saturated heterocycles. The third kappa shape index (κ3) is 4.26. The number of hydrogen-bond donors (Lipinski definition) is 2. The standard InChI is InChI=1S/C31H32F2N6O2/c32-19-12-31(7-2-8-39(31)14-19)17-41-27-11-26(38-15-20-5-6-21(16-38)35-20)24-13-34-29(37-30(24)36-27)23-10-22(40)9-18-3-1-4-25(33)28(18)23/h1,3-4,9-11,13,19-21,35,40H,2,5-8,12,14-17H2/t19-,20?,21?,31+/m1/s1. The normalized spacial score (nSPS) is 27.7. The molecule has 0 spiro atoms.